The Balaban J connectivity index is 4.20. The molecule has 0 heterocycles. The fraction of sp³-hybridized carbons (Fsp3) is 0.667. The smallest absolute Gasteiger partial charge is 0.306 e. The molecule has 0 aromatic heterocycles. The van der Waals surface area contributed by atoms with Gasteiger partial charge in [0.25, 0.3) is 0 Å². The Hall–Kier alpha value is -4.19. The lowest BCUT2D eigenvalue weighted by molar-refractivity contribution is -0.166. The van der Waals surface area contributed by atoms with Gasteiger partial charge in [-0.25, -0.2) is 0 Å². The number of esters is 3. The lowest BCUT2D eigenvalue weighted by atomic mass is 10.0. The second kappa shape index (κ2) is 62.4. The summed E-state index contributed by atoms with van der Waals surface area (Å²) in [7, 11) is 0. The van der Waals surface area contributed by atoms with Crippen LogP contribution >= 0.6 is 0 Å². The van der Waals surface area contributed by atoms with Crippen molar-refractivity contribution in [1.82, 2.24) is 0 Å². The molecule has 0 spiro atoms. The molecule has 0 aromatic rings. The summed E-state index contributed by atoms with van der Waals surface area (Å²) in [6.45, 7) is 6.28. The van der Waals surface area contributed by atoms with Crippen molar-refractivity contribution in [3.8, 4) is 0 Å². The molecule has 0 fully saturated rings. The number of hydrogen-bond acceptors (Lipinski definition) is 6. The maximum atomic E-state index is 12.8. The zero-order chi connectivity index (χ0) is 54.3. The van der Waals surface area contributed by atoms with E-state index in [0.717, 1.165) is 122 Å². The molecule has 0 aromatic carbocycles. The van der Waals surface area contributed by atoms with E-state index in [1.54, 1.807) is 0 Å². The van der Waals surface area contributed by atoms with Crippen LogP contribution in [0.2, 0.25) is 0 Å². The summed E-state index contributed by atoms with van der Waals surface area (Å²) in [6.07, 6.45) is 86.7. The standard InChI is InChI=1S/C69H114O6/c1-4-7-10-13-16-19-22-25-26-27-28-29-30-31-32-33-34-35-36-37-38-39-40-41-42-45-47-50-53-56-59-62-68(71)74-65-66(75-69(72)63-60-57-54-51-48-44-24-21-18-15-12-9-6-3)64-73-67(70)61-58-55-52-49-46-43-23-20-17-14-11-8-5-2/h7,9-12,14,16,18-21,23,25-26,28-29,44,48,54,57,66H,4-6,8,13,15,17,22,24,27,30-43,45-47,49-53,55-56,58-65H2,1-3H3/b10-7-,12-9-,14-11-,19-16-,21-18-,23-20-,26-25-,29-28-,48-44-,57-54-. The number of carbonyl (C=O) groups is 3. The molecule has 426 valence electrons. The van der Waals surface area contributed by atoms with Gasteiger partial charge in [-0.3, -0.25) is 14.4 Å². The monoisotopic (exact) mass is 1040 g/mol. The number of carbonyl (C=O) groups excluding carboxylic acids is 3. The van der Waals surface area contributed by atoms with Crippen molar-refractivity contribution in [3.05, 3.63) is 122 Å². The molecule has 6 nitrogen and oxygen atoms in total. The molecule has 1 unspecified atom stereocenters. The number of allylic oxidation sites excluding steroid dienone is 20. The highest BCUT2D eigenvalue weighted by atomic mass is 16.6. The summed E-state index contributed by atoms with van der Waals surface area (Å²) in [5.41, 5.74) is 0. The third-order valence-corrected chi connectivity index (χ3v) is 12.9. The average Bonchev–Trinajstić information content (AvgIpc) is 3.41. The van der Waals surface area contributed by atoms with E-state index in [1.165, 1.54) is 109 Å². The predicted octanol–water partition coefficient (Wildman–Crippen LogP) is 21.2. The molecule has 0 aliphatic rings. The van der Waals surface area contributed by atoms with Crippen molar-refractivity contribution in [2.24, 2.45) is 0 Å². The largest absolute Gasteiger partial charge is 0.462 e. The highest BCUT2D eigenvalue weighted by molar-refractivity contribution is 5.71. The van der Waals surface area contributed by atoms with Gasteiger partial charge in [0.2, 0.25) is 0 Å². The van der Waals surface area contributed by atoms with E-state index in [-0.39, 0.29) is 31.6 Å². The second-order valence-electron chi connectivity index (χ2n) is 20.2. The molecule has 1 atom stereocenters. The third-order valence-electron chi connectivity index (χ3n) is 12.9. The quantitative estimate of drug-likeness (QED) is 0.0261. The molecule has 6 heteroatoms. The normalized spacial score (nSPS) is 12.9. The van der Waals surface area contributed by atoms with Gasteiger partial charge in [0.05, 0.1) is 0 Å². The Kier molecular flexibility index (Phi) is 58.9. The zero-order valence-electron chi connectivity index (χ0n) is 48.8. The Labute approximate surface area is 462 Å². The van der Waals surface area contributed by atoms with Gasteiger partial charge in [0.15, 0.2) is 6.10 Å². The van der Waals surface area contributed by atoms with E-state index in [0.29, 0.717) is 19.3 Å². The molecule has 0 N–H and O–H groups in total. The van der Waals surface area contributed by atoms with Crippen molar-refractivity contribution in [1.29, 1.82) is 0 Å². The van der Waals surface area contributed by atoms with Crippen LogP contribution < -0.4 is 0 Å². The van der Waals surface area contributed by atoms with Crippen molar-refractivity contribution in [3.63, 3.8) is 0 Å². The van der Waals surface area contributed by atoms with Crippen molar-refractivity contribution >= 4 is 17.9 Å². The number of rotatable bonds is 55. The fourth-order valence-electron chi connectivity index (χ4n) is 8.37. The van der Waals surface area contributed by atoms with Crippen LogP contribution in [0.1, 0.15) is 278 Å². The minimum atomic E-state index is -0.823. The molecule has 0 aliphatic heterocycles. The topological polar surface area (TPSA) is 78.9 Å². The first-order valence-corrected chi connectivity index (χ1v) is 31.0. The van der Waals surface area contributed by atoms with Crippen molar-refractivity contribution in [2.45, 2.75) is 284 Å². The fourth-order valence-corrected chi connectivity index (χ4v) is 8.37. The van der Waals surface area contributed by atoms with Gasteiger partial charge in [-0.1, -0.05) is 271 Å². The van der Waals surface area contributed by atoms with E-state index >= 15 is 0 Å². The first-order chi connectivity index (χ1) is 37.0. The molecule has 0 radical (unpaired) electrons. The molecular formula is C69H114O6. The van der Waals surface area contributed by atoms with Gasteiger partial charge in [0.1, 0.15) is 13.2 Å². The van der Waals surface area contributed by atoms with E-state index in [1.807, 2.05) is 12.2 Å². The first kappa shape index (κ1) is 70.8. The Morgan fingerprint density at radius 2 is 0.547 bits per heavy atom. The molecular weight excluding hydrogens is 925 g/mol. The van der Waals surface area contributed by atoms with Gasteiger partial charge in [-0.05, 0) is 109 Å². The Morgan fingerprint density at radius 3 is 0.867 bits per heavy atom. The molecule has 0 saturated heterocycles. The van der Waals surface area contributed by atoms with Gasteiger partial charge < -0.3 is 14.2 Å². The van der Waals surface area contributed by atoms with Gasteiger partial charge >= 0.3 is 17.9 Å². The van der Waals surface area contributed by atoms with Crippen LogP contribution in [0.3, 0.4) is 0 Å². The summed E-state index contributed by atoms with van der Waals surface area (Å²) >= 11 is 0. The lowest BCUT2D eigenvalue weighted by Gasteiger charge is -2.18. The molecule has 0 rings (SSSR count). The van der Waals surface area contributed by atoms with Crippen LogP contribution in [0.25, 0.3) is 0 Å². The first-order valence-electron chi connectivity index (χ1n) is 31.0. The molecule has 0 aliphatic carbocycles. The molecule has 0 amide bonds. The Morgan fingerprint density at radius 1 is 0.280 bits per heavy atom. The second-order valence-corrected chi connectivity index (χ2v) is 20.2. The molecule has 0 bridgehead atoms. The predicted molar refractivity (Wildman–Crippen MR) is 325 cm³/mol. The van der Waals surface area contributed by atoms with Crippen LogP contribution in [-0.4, -0.2) is 37.2 Å². The van der Waals surface area contributed by atoms with E-state index in [4.69, 9.17) is 14.2 Å². The Bertz CT molecular complexity index is 1570. The number of hydrogen-bond donors (Lipinski definition) is 0. The SMILES string of the molecule is CC/C=C\C/C=C\C/C=C\C/C=C\CCCCCCCCCCCCCCCCCCCCC(=O)OCC(COC(=O)CCCCCCC/C=C\C/C=C\CCC)OC(=O)CC/C=C\C/C=C\C/C=C\C/C=C\CC. The van der Waals surface area contributed by atoms with Crippen LogP contribution in [0.15, 0.2) is 122 Å². The van der Waals surface area contributed by atoms with E-state index < -0.39 is 12.1 Å². The lowest BCUT2D eigenvalue weighted by Crippen LogP contribution is -2.30. The zero-order valence-corrected chi connectivity index (χ0v) is 48.8. The summed E-state index contributed by atoms with van der Waals surface area (Å²) in [4.78, 5) is 38.1. The van der Waals surface area contributed by atoms with Crippen LogP contribution in [0.5, 0.6) is 0 Å². The van der Waals surface area contributed by atoms with Crippen molar-refractivity contribution in [2.75, 3.05) is 13.2 Å². The van der Waals surface area contributed by atoms with E-state index in [9.17, 15) is 14.4 Å². The summed E-state index contributed by atoms with van der Waals surface area (Å²) < 4.78 is 16.8. The van der Waals surface area contributed by atoms with Gasteiger partial charge in [0, 0.05) is 19.3 Å². The summed E-state index contributed by atoms with van der Waals surface area (Å²) in [6, 6.07) is 0. The van der Waals surface area contributed by atoms with Crippen LogP contribution in [-0.2, 0) is 28.6 Å². The van der Waals surface area contributed by atoms with Crippen molar-refractivity contribution < 1.29 is 28.6 Å². The van der Waals surface area contributed by atoms with E-state index in [2.05, 4.69) is 130 Å². The maximum absolute atomic E-state index is 12.8. The van der Waals surface area contributed by atoms with Crippen LogP contribution in [0.4, 0.5) is 0 Å². The van der Waals surface area contributed by atoms with Crippen LogP contribution in [0, 0.1) is 0 Å². The number of unbranched alkanes of at least 4 members (excludes halogenated alkanes) is 24. The number of ether oxygens (including phenoxy) is 3. The molecule has 0 saturated carbocycles. The minimum Gasteiger partial charge on any atom is -0.462 e. The summed E-state index contributed by atoms with van der Waals surface area (Å²) in [5.74, 6) is -1.01. The third kappa shape index (κ3) is 60.6. The van der Waals surface area contributed by atoms with Gasteiger partial charge in [-0.15, -0.1) is 0 Å². The highest BCUT2D eigenvalue weighted by Gasteiger charge is 2.19. The maximum Gasteiger partial charge on any atom is 0.306 e. The average molecular weight is 1040 g/mol. The summed E-state index contributed by atoms with van der Waals surface area (Å²) in [5, 5.41) is 0. The minimum absolute atomic E-state index is 0.111. The molecule has 75 heavy (non-hydrogen) atoms. The van der Waals surface area contributed by atoms with Gasteiger partial charge in [-0.2, -0.15) is 0 Å². The highest BCUT2D eigenvalue weighted by Crippen LogP contribution is 2.16.